The van der Waals surface area contributed by atoms with Gasteiger partial charge in [-0.15, -0.1) is 0 Å². The molecule has 2 aliphatic heterocycles. The summed E-state index contributed by atoms with van der Waals surface area (Å²) >= 11 is 4.95. The lowest BCUT2D eigenvalue weighted by Gasteiger charge is -2.20. The van der Waals surface area contributed by atoms with Crippen LogP contribution in [-0.2, 0) is 9.67 Å². The van der Waals surface area contributed by atoms with Gasteiger partial charge in [0.15, 0.2) is 0 Å². The van der Waals surface area contributed by atoms with Gasteiger partial charge in [-0.1, -0.05) is 70.2 Å². The van der Waals surface area contributed by atoms with Crippen molar-refractivity contribution >= 4 is 55.1 Å². The summed E-state index contributed by atoms with van der Waals surface area (Å²) in [5.41, 5.74) is 5.85. The smallest absolute Gasteiger partial charge is 0.267 e. The molecule has 1 spiro atoms. The highest BCUT2D eigenvalue weighted by Crippen LogP contribution is 2.49. The molecule has 6 heteroatoms. The topological polar surface area (TPSA) is 53.5 Å². The van der Waals surface area contributed by atoms with Crippen molar-refractivity contribution in [2.24, 2.45) is 5.10 Å². The van der Waals surface area contributed by atoms with Crippen molar-refractivity contribution in [3.05, 3.63) is 76.3 Å². The molecule has 25 heavy (non-hydrogen) atoms. The fourth-order valence-corrected chi connectivity index (χ4v) is 4.85. The van der Waals surface area contributed by atoms with Gasteiger partial charge in [0, 0.05) is 21.3 Å². The van der Waals surface area contributed by atoms with Gasteiger partial charge in [-0.25, -0.2) is 0 Å². The number of thioether (sulfide) groups is 1. The molecule has 0 unspecified atom stereocenters. The third-order valence-corrected chi connectivity index (χ3v) is 6.31. The van der Waals surface area contributed by atoms with Gasteiger partial charge in [-0.3, -0.25) is 10.2 Å². The van der Waals surface area contributed by atoms with Crippen LogP contribution >= 0.6 is 27.7 Å². The monoisotopic (exact) mass is 409 g/mol. The largest absolute Gasteiger partial charge is 0.323 e. The van der Waals surface area contributed by atoms with Crippen LogP contribution < -0.4 is 10.7 Å². The van der Waals surface area contributed by atoms with Gasteiger partial charge >= 0.3 is 0 Å². The number of rotatable bonds is 1. The highest BCUT2D eigenvalue weighted by Gasteiger charge is 2.52. The maximum atomic E-state index is 12.7. The Bertz CT molecular complexity index is 1080. The third-order valence-electron chi connectivity index (χ3n) is 4.51. The second-order valence-corrected chi connectivity index (χ2v) is 8.10. The first-order valence-corrected chi connectivity index (χ1v) is 9.42. The second-order valence-electron chi connectivity index (χ2n) is 5.98. The minimum Gasteiger partial charge on any atom is -0.323 e. The number of carbonyl (C=O) groups excluding carboxylic acids is 1. The molecule has 3 aromatic carbocycles. The zero-order valence-corrected chi connectivity index (χ0v) is 15.3. The maximum Gasteiger partial charge on any atom is 0.267 e. The standard InChI is InChI=1S/C19H12BrN3OS/c20-12-8-9-16-15(10-12)19(18(24)21-16)23-22-17(25-19)14-7-3-5-11-4-1-2-6-13(11)14/h1-10,23H,(H,21,24)/t19-/m0/s1. The van der Waals surface area contributed by atoms with E-state index in [2.05, 4.69) is 50.0 Å². The van der Waals surface area contributed by atoms with Crippen LogP contribution in [0.15, 0.2) is 70.2 Å². The number of hydrazone groups is 1. The summed E-state index contributed by atoms with van der Waals surface area (Å²) in [5, 5.41) is 10.6. The van der Waals surface area contributed by atoms with E-state index < -0.39 is 4.87 Å². The molecule has 0 radical (unpaired) electrons. The van der Waals surface area contributed by atoms with Crippen molar-refractivity contribution in [2.75, 3.05) is 5.32 Å². The Hall–Kier alpha value is -2.31. The fourth-order valence-electron chi connectivity index (χ4n) is 3.31. The first-order chi connectivity index (χ1) is 12.2. The molecule has 122 valence electrons. The molecule has 0 fully saturated rings. The van der Waals surface area contributed by atoms with Crippen molar-refractivity contribution < 1.29 is 4.79 Å². The summed E-state index contributed by atoms with van der Waals surface area (Å²) < 4.78 is 0.933. The van der Waals surface area contributed by atoms with E-state index >= 15 is 0 Å². The summed E-state index contributed by atoms with van der Waals surface area (Å²) in [5.74, 6) is -0.0930. The number of hydrogen-bond acceptors (Lipinski definition) is 4. The van der Waals surface area contributed by atoms with Gasteiger partial charge in [0.25, 0.3) is 5.91 Å². The van der Waals surface area contributed by atoms with E-state index in [1.807, 2.05) is 42.5 Å². The van der Waals surface area contributed by atoms with Crippen LogP contribution in [0.2, 0.25) is 0 Å². The molecule has 0 saturated carbocycles. The molecular weight excluding hydrogens is 398 g/mol. The van der Waals surface area contributed by atoms with E-state index in [0.717, 1.165) is 37.1 Å². The molecule has 0 bridgehead atoms. The number of hydrogen-bond donors (Lipinski definition) is 2. The van der Waals surface area contributed by atoms with Gasteiger partial charge < -0.3 is 5.32 Å². The Morgan fingerprint density at radius 3 is 2.80 bits per heavy atom. The van der Waals surface area contributed by atoms with Crippen LogP contribution in [-0.4, -0.2) is 11.0 Å². The molecule has 1 atom stereocenters. The Balaban J connectivity index is 1.61. The van der Waals surface area contributed by atoms with Crippen molar-refractivity contribution in [2.45, 2.75) is 4.87 Å². The first kappa shape index (κ1) is 15.0. The molecule has 1 amide bonds. The average molecular weight is 410 g/mol. The van der Waals surface area contributed by atoms with Crippen molar-refractivity contribution in [3.63, 3.8) is 0 Å². The van der Waals surface area contributed by atoms with Crippen LogP contribution in [0, 0.1) is 0 Å². The van der Waals surface area contributed by atoms with Crippen LogP contribution in [0.3, 0.4) is 0 Å². The van der Waals surface area contributed by atoms with Gasteiger partial charge in [0.05, 0.1) is 0 Å². The van der Waals surface area contributed by atoms with E-state index in [0.29, 0.717) is 0 Å². The van der Waals surface area contributed by atoms with Gasteiger partial charge in [-0.05, 0) is 29.0 Å². The van der Waals surface area contributed by atoms with Crippen LogP contribution in [0.4, 0.5) is 5.69 Å². The van der Waals surface area contributed by atoms with Gasteiger partial charge in [0.1, 0.15) is 5.04 Å². The number of amides is 1. The molecule has 0 saturated heterocycles. The fraction of sp³-hybridized carbons (Fsp3) is 0.0526. The average Bonchev–Trinajstić information content (AvgIpc) is 3.19. The van der Waals surface area contributed by atoms with E-state index in [4.69, 9.17) is 0 Å². The Morgan fingerprint density at radius 1 is 1.04 bits per heavy atom. The minimum absolute atomic E-state index is 0.0930. The Labute approximate surface area is 156 Å². The molecule has 2 N–H and O–H groups in total. The molecule has 4 nitrogen and oxygen atoms in total. The predicted molar refractivity (Wildman–Crippen MR) is 106 cm³/mol. The number of nitrogens with zero attached hydrogens (tertiary/aromatic N) is 1. The molecule has 0 aliphatic carbocycles. The van der Waals surface area contributed by atoms with E-state index in [1.54, 1.807) is 0 Å². The normalized spacial score (nSPS) is 21.2. The highest BCUT2D eigenvalue weighted by atomic mass is 79.9. The highest BCUT2D eigenvalue weighted by molar-refractivity contribution is 9.10. The van der Waals surface area contributed by atoms with E-state index in [9.17, 15) is 4.79 Å². The van der Waals surface area contributed by atoms with Crippen LogP contribution in [0.1, 0.15) is 11.1 Å². The van der Waals surface area contributed by atoms with Gasteiger partial charge in [-0.2, -0.15) is 5.10 Å². The summed E-state index contributed by atoms with van der Waals surface area (Å²) in [4.78, 5) is 11.8. The zero-order valence-electron chi connectivity index (χ0n) is 12.9. The third kappa shape index (κ3) is 2.14. The van der Waals surface area contributed by atoms with Crippen molar-refractivity contribution in [1.82, 2.24) is 5.43 Å². The first-order valence-electron chi connectivity index (χ1n) is 7.81. The summed E-state index contributed by atoms with van der Waals surface area (Å²) in [6.07, 6.45) is 0. The summed E-state index contributed by atoms with van der Waals surface area (Å²) in [6.45, 7) is 0. The van der Waals surface area contributed by atoms with Crippen molar-refractivity contribution in [1.29, 1.82) is 0 Å². The lowest BCUT2D eigenvalue weighted by Crippen LogP contribution is -2.39. The van der Waals surface area contributed by atoms with E-state index in [1.165, 1.54) is 11.8 Å². The lowest BCUT2D eigenvalue weighted by atomic mass is 10.1. The van der Waals surface area contributed by atoms with Gasteiger partial charge in [0.2, 0.25) is 4.87 Å². The molecule has 2 heterocycles. The summed E-state index contributed by atoms with van der Waals surface area (Å²) in [6, 6.07) is 20.1. The van der Waals surface area contributed by atoms with Crippen LogP contribution in [0.25, 0.3) is 10.8 Å². The quantitative estimate of drug-likeness (QED) is 0.625. The molecule has 3 aromatic rings. The molecule has 5 rings (SSSR count). The van der Waals surface area contributed by atoms with Crippen LogP contribution in [0.5, 0.6) is 0 Å². The SMILES string of the molecule is O=C1Nc2ccc(Br)cc2[C@@]12NN=C(c1cccc3ccccc13)S2. The summed E-state index contributed by atoms with van der Waals surface area (Å²) in [7, 11) is 0. The minimum atomic E-state index is -0.911. The number of fused-ring (bicyclic) bond motifs is 3. The second kappa shape index (κ2) is 5.34. The van der Waals surface area contributed by atoms with E-state index in [-0.39, 0.29) is 5.91 Å². The maximum absolute atomic E-state index is 12.7. The Morgan fingerprint density at radius 2 is 1.88 bits per heavy atom. The number of halogens is 1. The van der Waals surface area contributed by atoms with Crippen molar-refractivity contribution in [3.8, 4) is 0 Å². The molecular formula is C19H12BrN3OS. The molecule has 0 aromatic heterocycles. The number of carbonyl (C=O) groups is 1. The predicted octanol–water partition coefficient (Wildman–Crippen LogP) is 4.41. The lowest BCUT2D eigenvalue weighted by molar-refractivity contribution is -0.118. The number of benzene rings is 3. The number of anilines is 1. The zero-order chi connectivity index (χ0) is 17.0. The number of nitrogens with one attached hydrogen (secondary N) is 2. The Kier molecular flexibility index (Phi) is 3.20. The molecule has 2 aliphatic rings.